The maximum Gasteiger partial charge on any atom is 0.109 e. The zero-order chi connectivity index (χ0) is 13.1. The van der Waals surface area contributed by atoms with Gasteiger partial charge in [0.05, 0.1) is 0 Å². The first-order valence-electron chi connectivity index (χ1n) is 7.08. The third-order valence-corrected chi connectivity index (χ3v) is 3.95. The Balaban J connectivity index is 1.78. The molecule has 1 aromatic carbocycles. The van der Waals surface area contributed by atoms with Gasteiger partial charge in [-0.25, -0.2) is 4.98 Å². The van der Waals surface area contributed by atoms with E-state index in [1.807, 2.05) is 6.20 Å². The van der Waals surface area contributed by atoms with E-state index < -0.39 is 0 Å². The van der Waals surface area contributed by atoms with Crippen molar-refractivity contribution in [2.24, 2.45) is 5.92 Å². The Hall–Kier alpha value is -1.61. The molecule has 2 heterocycles. The molecule has 1 atom stereocenters. The number of aromatic nitrogens is 2. The van der Waals surface area contributed by atoms with Gasteiger partial charge in [0.1, 0.15) is 5.82 Å². The molecule has 0 spiro atoms. The lowest BCUT2D eigenvalue weighted by Gasteiger charge is -2.13. The summed E-state index contributed by atoms with van der Waals surface area (Å²) in [6.07, 6.45) is 4.37. The van der Waals surface area contributed by atoms with Gasteiger partial charge in [-0.3, -0.25) is 0 Å². The van der Waals surface area contributed by atoms with Crippen molar-refractivity contribution in [3.63, 3.8) is 0 Å². The first kappa shape index (κ1) is 12.4. The highest BCUT2D eigenvalue weighted by Crippen LogP contribution is 2.17. The van der Waals surface area contributed by atoms with Crippen LogP contribution in [0, 0.1) is 12.8 Å². The molecule has 2 aromatic rings. The third kappa shape index (κ3) is 2.87. The lowest BCUT2D eigenvalue weighted by atomic mass is 10.0. The zero-order valence-corrected chi connectivity index (χ0v) is 11.5. The molecule has 1 unspecified atom stereocenters. The van der Waals surface area contributed by atoms with Crippen molar-refractivity contribution in [3.8, 4) is 0 Å². The van der Waals surface area contributed by atoms with E-state index in [-0.39, 0.29) is 0 Å². The SMILES string of the molecule is Cc1cnc(CC2CCNC2)n1Cc1ccccc1. The van der Waals surface area contributed by atoms with Gasteiger partial charge in [0.15, 0.2) is 0 Å². The molecule has 1 saturated heterocycles. The summed E-state index contributed by atoms with van der Waals surface area (Å²) in [6.45, 7) is 5.37. The summed E-state index contributed by atoms with van der Waals surface area (Å²) in [5.41, 5.74) is 2.60. The standard InChI is InChI=1S/C16H21N3/c1-13-10-18-16(9-15-7-8-17-11-15)19(13)12-14-5-3-2-4-6-14/h2-6,10,15,17H,7-9,11-12H2,1H3. The van der Waals surface area contributed by atoms with Crippen LogP contribution in [0.4, 0.5) is 0 Å². The van der Waals surface area contributed by atoms with Crippen molar-refractivity contribution in [1.29, 1.82) is 0 Å². The Labute approximate surface area is 114 Å². The predicted octanol–water partition coefficient (Wildman–Crippen LogP) is 2.39. The first-order chi connectivity index (χ1) is 9.33. The Kier molecular flexibility index (Phi) is 3.65. The van der Waals surface area contributed by atoms with Crippen molar-refractivity contribution >= 4 is 0 Å². The largest absolute Gasteiger partial charge is 0.328 e. The molecule has 0 saturated carbocycles. The normalized spacial score (nSPS) is 18.9. The van der Waals surface area contributed by atoms with Crippen LogP contribution in [0.5, 0.6) is 0 Å². The van der Waals surface area contributed by atoms with E-state index in [4.69, 9.17) is 0 Å². The summed E-state index contributed by atoms with van der Waals surface area (Å²) in [5.74, 6) is 1.98. The van der Waals surface area contributed by atoms with Gasteiger partial charge < -0.3 is 9.88 Å². The lowest BCUT2D eigenvalue weighted by molar-refractivity contribution is 0.540. The van der Waals surface area contributed by atoms with E-state index in [9.17, 15) is 0 Å². The van der Waals surface area contributed by atoms with E-state index >= 15 is 0 Å². The van der Waals surface area contributed by atoms with E-state index in [0.29, 0.717) is 0 Å². The van der Waals surface area contributed by atoms with Crippen LogP contribution < -0.4 is 5.32 Å². The number of nitrogens with one attached hydrogen (secondary N) is 1. The molecule has 0 bridgehead atoms. The smallest absolute Gasteiger partial charge is 0.109 e. The second-order valence-corrected chi connectivity index (χ2v) is 5.45. The van der Waals surface area contributed by atoms with Crippen LogP contribution >= 0.6 is 0 Å². The van der Waals surface area contributed by atoms with Gasteiger partial charge in [-0.2, -0.15) is 0 Å². The Bertz CT molecular complexity index is 524. The van der Waals surface area contributed by atoms with Crippen molar-refractivity contribution in [2.45, 2.75) is 26.3 Å². The van der Waals surface area contributed by atoms with Gasteiger partial charge >= 0.3 is 0 Å². The van der Waals surface area contributed by atoms with E-state index in [0.717, 1.165) is 32.0 Å². The van der Waals surface area contributed by atoms with Crippen LogP contribution in [-0.4, -0.2) is 22.6 Å². The second-order valence-electron chi connectivity index (χ2n) is 5.45. The minimum absolute atomic E-state index is 0.747. The number of hydrogen-bond donors (Lipinski definition) is 1. The Morgan fingerprint density at radius 2 is 2.16 bits per heavy atom. The van der Waals surface area contributed by atoms with Crippen LogP contribution in [0.3, 0.4) is 0 Å². The predicted molar refractivity (Wildman–Crippen MR) is 77.2 cm³/mol. The van der Waals surface area contributed by atoms with Crippen molar-refractivity contribution in [3.05, 3.63) is 53.6 Å². The van der Waals surface area contributed by atoms with Gasteiger partial charge in [-0.1, -0.05) is 30.3 Å². The minimum atomic E-state index is 0.747. The van der Waals surface area contributed by atoms with Gasteiger partial charge in [0.25, 0.3) is 0 Å². The maximum absolute atomic E-state index is 4.61. The van der Waals surface area contributed by atoms with E-state index in [2.05, 4.69) is 52.1 Å². The molecular formula is C16H21N3. The molecule has 1 aliphatic heterocycles. The molecule has 0 radical (unpaired) electrons. The fourth-order valence-electron chi connectivity index (χ4n) is 2.80. The molecule has 3 rings (SSSR count). The minimum Gasteiger partial charge on any atom is -0.328 e. The highest BCUT2D eigenvalue weighted by Gasteiger charge is 2.18. The van der Waals surface area contributed by atoms with Gasteiger partial charge in [-0.15, -0.1) is 0 Å². The second kappa shape index (κ2) is 5.57. The molecule has 1 fully saturated rings. The molecule has 1 N–H and O–H groups in total. The zero-order valence-electron chi connectivity index (χ0n) is 11.5. The molecule has 19 heavy (non-hydrogen) atoms. The number of aryl methyl sites for hydroxylation is 1. The topological polar surface area (TPSA) is 29.9 Å². The Morgan fingerprint density at radius 3 is 2.89 bits per heavy atom. The maximum atomic E-state index is 4.61. The summed E-state index contributed by atoms with van der Waals surface area (Å²) in [6, 6.07) is 10.6. The van der Waals surface area contributed by atoms with Crippen LogP contribution in [0.1, 0.15) is 23.5 Å². The average molecular weight is 255 g/mol. The summed E-state index contributed by atoms with van der Waals surface area (Å²) >= 11 is 0. The van der Waals surface area contributed by atoms with Gasteiger partial charge in [0.2, 0.25) is 0 Å². The molecule has 3 nitrogen and oxygen atoms in total. The van der Waals surface area contributed by atoms with Crippen molar-refractivity contribution < 1.29 is 0 Å². The number of benzene rings is 1. The monoisotopic (exact) mass is 255 g/mol. The molecule has 100 valence electrons. The summed E-state index contributed by atoms with van der Waals surface area (Å²) in [7, 11) is 0. The van der Waals surface area contributed by atoms with Gasteiger partial charge in [-0.05, 0) is 37.9 Å². The molecule has 1 aliphatic rings. The summed E-state index contributed by atoms with van der Waals surface area (Å²) in [5, 5.41) is 3.43. The van der Waals surface area contributed by atoms with E-state index in [1.54, 1.807) is 0 Å². The summed E-state index contributed by atoms with van der Waals surface area (Å²) in [4.78, 5) is 4.61. The van der Waals surface area contributed by atoms with Crippen LogP contribution in [0.25, 0.3) is 0 Å². The lowest BCUT2D eigenvalue weighted by Crippen LogP contribution is -2.14. The Morgan fingerprint density at radius 1 is 1.32 bits per heavy atom. The fraction of sp³-hybridized carbons (Fsp3) is 0.438. The summed E-state index contributed by atoms with van der Waals surface area (Å²) < 4.78 is 2.35. The third-order valence-electron chi connectivity index (χ3n) is 3.95. The first-order valence-corrected chi connectivity index (χ1v) is 7.08. The molecule has 1 aromatic heterocycles. The molecule has 0 amide bonds. The molecular weight excluding hydrogens is 234 g/mol. The molecule has 0 aliphatic carbocycles. The van der Waals surface area contributed by atoms with Crippen LogP contribution in [0.15, 0.2) is 36.5 Å². The average Bonchev–Trinajstić information content (AvgIpc) is 3.05. The van der Waals surface area contributed by atoms with Crippen molar-refractivity contribution in [1.82, 2.24) is 14.9 Å². The van der Waals surface area contributed by atoms with Crippen molar-refractivity contribution in [2.75, 3.05) is 13.1 Å². The quantitative estimate of drug-likeness (QED) is 0.909. The fourth-order valence-corrected chi connectivity index (χ4v) is 2.80. The number of imidazole rings is 1. The van der Waals surface area contributed by atoms with Crippen LogP contribution in [0.2, 0.25) is 0 Å². The number of hydrogen-bond acceptors (Lipinski definition) is 2. The highest BCUT2D eigenvalue weighted by atomic mass is 15.1. The van der Waals surface area contributed by atoms with E-state index in [1.165, 1.54) is 23.5 Å². The number of rotatable bonds is 4. The van der Waals surface area contributed by atoms with Crippen LogP contribution in [-0.2, 0) is 13.0 Å². The highest BCUT2D eigenvalue weighted by molar-refractivity contribution is 5.17. The number of nitrogens with zero attached hydrogens (tertiary/aromatic N) is 2. The van der Waals surface area contributed by atoms with Gasteiger partial charge in [0, 0.05) is 24.9 Å². The molecule has 3 heteroatoms.